The molecule has 0 unspecified atom stereocenters. The van der Waals surface area contributed by atoms with Crippen molar-refractivity contribution >= 4 is 46.0 Å². The molecule has 9 nitrogen and oxygen atoms in total. The molecule has 0 fully saturated rings. The van der Waals surface area contributed by atoms with Crippen LogP contribution in [0.25, 0.3) is 6.08 Å². The quantitative estimate of drug-likeness (QED) is 0.161. The van der Waals surface area contributed by atoms with E-state index in [1.54, 1.807) is 43.7 Å². The minimum absolute atomic E-state index is 0.128. The number of hydrogen-bond acceptors (Lipinski definition) is 9. The van der Waals surface area contributed by atoms with E-state index in [9.17, 15) is 14.9 Å². The maximum absolute atomic E-state index is 14.2. The topological polar surface area (TPSA) is 112 Å². The minimum Gasteiger partial charge on any atom is -0.494 e. The third-order valence-electron chi connectivity index (χ3n) is 7.09. The fourth-order valence-electron chi connectivity index (χ4n) is 5.07. The zero-order valence-corrected chi connectivity index (χ0v) is 28.1. The second kappa shape index (κ2) is 14.1. The number of ether oxygens (including phenoxy) is 4. The molecule has 3 aromatic carbocycles. The molecule has 0 N–H and O–H groups in total. The van der Waals surface area contributed by atoms with Crippen molar-refractivity contribution in [3.63, 3.8) is 0 Å². The van der Waals surface area contributed by atoms with Crippen molar-refractivity contribution in [2.45, 2.75) is 33.4 Å². The number of nitrogens with zero attached hydrogens (tertiary/aromatic N) is 3. The van der Waals surface area contributed by atoms with Crippen LogP contribution in [-0.2, 0) is 16.1 Å². The van der Waals surface area contributed by atoms with Crippen molar-refractivity contribution in [2.24, 2.45) is 4.99 Å². The van der Waals surface area contributed by atoms with Crippen molar-refractivity contribution in [1.29, 1.82) is 5.26 Å². The first-order valence-corrected chi connectivity index (χ1v) is 16.1. The van der Waals surface area contributed by atoms with Crippen LogP contribution in [0.1, 0.15) is 49.1 Å². The summed E-state index contributed by atoms with van der Waals surface area (Å²) < 4.78 is 25.7. The number of benzene rings is 3. The van der Waals surface area contributed by atoms with Crippen molar-refractivity contribution in [3.05, 3.63) is 117 Å². The van der Waals surface area contributed by atoms with Crippen molar-refractivity contribution < 1.29 is 23.7 Å². The number of halogens is 1. The fraction of sp³-hybridized carbons (Fsp3) is 0.235. The van der Waals surface area contributed by atoms with Crippen LogP contribution >= 0.6 is 33.9 Å². The summed E-state index contributed by atoms with van der Waals surface area (Å²) in [6.45, 7) is 6.22. The van der Waals surface area contributed by atoms with Gasteiger partial charge in [-0.1, -0.05) is 41.7 Å². The van der Waals surface area contributed by atoms with Gasteiger partial charge in [-0.15, -0.1) is 0 Å². The molecule has 0 radical (unpaired) electrons. The summed E-state index contributed by atoms with van der Waals surface area (Å²) in [6.07, 6.45) is 1.75. The molecule has 0 amide bonds. The van der Waals surface area contributed by atoms with Crippen LogP contribution in [0.15, 0.2) is 81.7 Å². The van der Waals surface area contributed by atoms with Crippen LogP contribution in [0.3, 0.4) is 0 Å². The number of nitriles is 1. The van der Waals surface area contributed by atoms with E-state index < -0.39 is 12.0 Å². The highest BCUT2D eigenvalue weighted by Crippen LogP contribution is 2.35. The van der Waals surface area contributed by atoms with Gasteiger partial charge in [0.05, 0.1) is 53.8 Å². The zero-order chi connectivity index (χ0) is 32.1. The van der Waals surface area contributed by atoms with Gasteiger partial charge in [0.15, 0.2) is 16.3 Å². The summed E-state index contributed by atoms with van der Waals surface area (Å²) in [7, 11) is 1.55. The number of carbonyl (C=O) groups is 1. The average Bonchev–Trinajstić information content (AvgIpc) is 3.34. The summed E-state index contributed by atoms with van der Waals surface area (Å²) in [6, 6.07) is 19.7. The molecule has 0 spiro atoms. The Morgan fingerprint density at radius 3 is 2.56 bits per heavy atom. The highest BCUT2D eigenvalue weighted by atomic mass is 127. The number of fused-ring (bicyclic) bond motifs is 1. The van der Waals surface area contributed by atoms with Crippen molar-refractivity contribution in [3.8, 4) is 23.3 Å². The van der Waals surface area contributed by atoms with Crippen LogP contribution < -0.4 is 29.1 Å². The lowest BCUT2D eigenvalue weighted by Crippen LogP contribution is -2.39. The normalized spacial score (nSPS) is 14.3. The Morgan fingerprint density at radius 1 is 1.11 bits per heavy atom. The first kappa shape index (κ1) is 32.0. The van der Waals surface area contributed by atoms with Gasteiger partial charge in [-0.2, -0.15) is 5.26 Å². The smallest absolute Gasteiger partial charge is 0.338 e. The Balaban J connectivity index is 1.65. The Bertz CT molecular complexity index is 2010. The van der Waals surface area contributed by atoms with Gasteiger partial charge in [0.1, 0.15) is 12.4 Å². The lowest BCUT2D eigenvalue weighted by Gasteiger charge is -2.24. The summed E-state index contributed by atoms with van der Waals surface area (Å²) in [5.74, 6) is 1.08. The van der Waals surface area contributed by atoms with E-state index in [0.29, 0.717) is 55.6 Å². The van der Waals surface area contributed by atoms with E-state index in [0.717, 1.165) is 14.7 Å². The molecule has 1 atom stereocenters. The predicted molar refractivity (Wildman–Crippen MR) is 179 cm³/mol. The van der Waals surface area contributed by atoms with E-state index in [1.165, 1.54) is 11.3 Å². The lowest BCUT2D eigenvalue weighted by atomic mass is 9.96. The molecule has 5 rings (SSSR count). The molecular formula is C34H30IN3O6S. The van der Waals surface area contributed by atoms with E-state index in [-0.39, 0.29) is 18.8 Å². The number of carbonyl (C=O) groups excluding carboxylic acids is 1. The standard InChI is InChI=1S/C34H30IN3O6S/c1-5-42-26-13-11-21(12-14-26)30-29(33(40)43-6-2)20(3)37-34-38(30)32(39)28(45-34)16-24-15-25(35)17-27(41-4)31(24)44-19-23-10-8-7-9-22(23)18-36/h7-17,30H,5-6,19H2,1-4H3/b28-16-/t30-/m0/s1. The number of aromatic nitrogens is 1. The third-order valence-corrected chi connectivity index (χ3v) is 8.69. The van der Waals surface area contributed by atoms with Crippen LogP contribution in [0, 0.1) is 14.9 Å². The maximum atomic E-state index is 14.2. The fourth-order valence-corrected chi connectivity index (χ4v) is 6.72. The largest absolute Gasteiger partial charge is 0.494 e. The predicted octanol–water partition coefficient (Wildman–Crippen LogP) is 5.26. The van der Waals surface area contributed by atoms with Crippen molar-refractivity contribution in [2.75, 3.05) is 20.3 Å². The van der Waals surface area contributed by atoms with Gasteiger partial charge in [-0.3, -0.25) is 9.36 Å². The zero-order valence-electron chi connectivity index (χ0n) is 25.1. The highest BCUT2D eigenvalue weighted by Gasteiger charge is 2.33. The molecule has 0 bridgehead atoms. The summed E-state index contributed by atoms with van der Waals surface area (Å²) in [4.78, 5) is 32.6. The van der Waals surface area contributed by atoms with Gasteiger partial charge < -0.3 is 18.9 Å². The lowest BCUT2D eigenvalue weighted by molar-refractivity contribution is -0.139. The van der Waals surface area contributed by atoms with Gasteiger partial charge in [0.25, 0.3) is 5.56 Å². The molecule has 11 heteroatoms. The van der Waals surface area contributed by atoms with Crippen LogP contribution in [0.4, 0.5) is 0 Å². The molecule has 0 saturated heterocycles. The van der Waals surface area contributed by atoms with Gasteiger partial charge in [-0.25, -0.2) is 9.79 Å². The maximum Gasteiger partial charge on any atom is 0.338 e. The summed E-state index contributed by atoms with van der Waals surface area (Å²) in [5, 5.41) is 9.54. The van der Waals surface area contributed by atoms with E-state index >= 15 is 0 Å². The second-order valence-corrected chi connectivity index (χ2v) is 12.1. The van der Waals surface area contributed by atoms with Gasteiger partial charge in [-0.05, 0) is 85.3 Å². The summed E-state index contributed by atoms with van der Waals surface area (Å²) in [5.41, 5.74) is 3.05. The van der Waals surface area contributed by atoms with E-state index in [1.807, 2.05) is 55.5 Å². The number of methoxy groups -OCH3 is 1. The van der Waals surface area contributed by atoms with Gasteiger partial charge in [0.2, 0.25) is 0 Å². The molecule has 2 heterocycles. The molecule has 1 aromatic heterocycles. The molecule has 0 aliphatic carbocycles. The number of rotatable bonds is 10. The average molecular weight is 736 g/mol. The van der Waals surface area contributed by atoms with Crippen LogP contribution in [-0.4, -0.2) is 30.9 Å². The minimum atomic E-state index is -0.748. The van der Waals surface area contributed by atoms with Gasteiger partial charge >= 0.3 is 5.97 Å². The highest BCUT2D eigenvalue weighted by molar-refractivity contribution is 14.1. The van der Waals surface area contributed by atoms with E-state index in [2.05, 4.69) is 33.7 Å². The molecule has 1 aliphatic heterocycles. The Kier molecular flexibility index (Phi) is 10.0. The molecular weight excluding hydrogens is 705 g/mol. The SMILES string of the molecule is CCOC(=O)C1=C(C)N=c2s/c(=C\c3cc(I)cc(OC)c3OCc3ccccc3C#N)c(=O)n2[C@H]1c1ccc(OCC)cc1. The molecule has 4 aromatic rings. The second-order valence-electron chi connectivity index (χ2n) is 9.89. The molecule has 45 heavy (non-hydrogen) atoms. The Morgan fingerprint density at radius 2 is 1.87 bits per heavy atom. The van der Waals surface area contributed by atoms with Gasteiger partial charge in [0, 0.05) is 14.7 Å². The first-order chi connectivity index (χ1) is 21.8. The number of allylic oxidation sites excluding steroid dienone is 1. The number of hydrogen-bond donors (Lipinski definition) is 0. The van der Waals surface area contributed by atoms with Crippen molar-refractivity contribution in [1.82, 2.24) is 4.57 Å². The summed E-state index contributed by atoms with van der Waals surface area (Å²) >= 11 is 3.41. The molecule has 230 valence electrons. The number of esters is 1. The van der Waals surface area contributed by atoms with E-state index in [4.69, 9.17) is 18.9 Å². The number of thiazole rings is 1. The monoisotopic (exact) mass is 735 g/mol. The Hall–Kier alpha value is -4.41. The van der Waals surface area contributed by atoms with Crippen LogP contribution in [0.5, 0.6) is 17.2 Å². The molecule has 1 aliphatic rings. The molecule has 0 saturated carbocycles. The first-order valence-electron chi connectivity index (χ1n) is 14.2. The Labute approximate surface area is 277 Å². The van der Waals surface area contributed by atoms with Crippen LogP contribution in [0.2, 0.25) is 0 Å². The third kappa shape index (κ3) is 6.67.